The zero-order valence-corrected chi connectivity index (χ0v) is 16.6. The first kappa shape index (κ1) is 19.0. The number of nitrogens with one attached hydrogen (secondary N) is 1. The lowest BCUT2D eigenvalue weighted by atomic mass is 10.0. The summed E-state index contributed by atoms with van der Waals surface area (Å²) in [7, 11) is -2.03. The van der Waals surface area contributed by atoms with Crippen molar-refractivity contribution in [3.8, 4) is 5.75 Å². The highest BCUT2D eigenvalue weighted by molar-refractivity contribution is 7.89. The second kappa shape index (κ2) is 6.76. The molecule has 2 aromatic carbocycles. The molecule has 0 spiro atoms. The average molecular weight is 395 g/mol. The van der Waals surface area contributed by atoms with Gasteiger partial charge in [-0.05, 0) is 53.1 Å². The summed E-state index contributed by atoms with van der Waals surface area (Å²) in [5.41, 5.74) is 2.10. The number of anilines is 1. The van der Waals surface area contributed by atoms with Crippen LogP contribution in [0.25, 0.3) is 0 Å². The first-order valence-electron chi connectivity index (χ1n) is 8.35. The lowest BCUT2D eigenvalue weighted by Gasteiger charge is -2.12. The normalized spacial score (nSPS) is 21.3. The molecule has 2 aromatic rings. The van der Waals surface area contributed by atoms with Gasteiger partial charge in [-0.15, -0.1) is 0 Å². The third-order valence-electron chi connectivity index (χ3n) is 5.29. The molecule has 140 valence electrons. The summed E-state index contributed by atoms with van der Waals surface area (Å²) < 4.78 is 28.2. The van der Waals surface area contributed by atoms with Crippen LogP contribution in [0.15, 0.2) is 47.4 Å². The Morgan fingerprint density at radius 2 is 1.85 bits per heavy atom. The van der Waals surface area contributed by atoms with Gasteiger partial charge in [-0.2, -0.15) is 0 Å². The number of halogens is 1. The van der Waals surface area contributed by atoms with Crippen LogP contribution in [-0.2, 0) is 10.0 Å². The minimum absolute atomic E-state index is 0.113. The summed E-state index contributed by atoms with van der Waals surface area (Å²) >= 11 is 6.08. The van der Waals surface area contributed by atoms with Crippen molar-refractivity contribution in [1.29, 1.82) is 0 Å². The van der Waals surface area contributed by atoms with Gasteiger partial charge in [0.15, 0.2) is 0 Å². The van der Waals surface area contributed by atoms with Crippen molar-refractivity contribution in [2.45, 2.75) is 24.7 Å². The maximum Gasteiger partial charge on any atom is 0.238 e. The van der Waals surface area contributed by atoms with Crippen molar-refractivity contribution in [2.75, 3.05) is 19.0 Å². The van der Waals surface area contributed by atoms with Gasteiger partial charge in [0.05, 0.1) is 17.7 Å². The SMILES string of the molecule is COc1ccc(Cl)cc1NC[C@H]1C(c2ccc(S(N)(=O)=O)cc2)C1(C)C. The number of nitrogens with two attached hydrogens (primary N) is 1. The number of sulfonamides is 1. The second-order valence-corrected chi connectivity index (χ2v) is 9.24. The Hall–Kier alpha value is -1.76. The van der Waals surface area contributed by atoms with Gasteiger partial charge >= 0.3 is 0 Å². The van der Waals surface area contributed by atoms with Crippen LogP contribution in [0.4, 0.5) is 5.69 Å². The molecule has 3 N–H and O–H groups in total. The van der Waals surface area contributed by atoms with Crippen molar-refractivity contribution >= 4 is 27.3 Å². The van der Waals surface area contributed by atoms with E-state index in [1.54, 1.807) is 25.3 Å². The van der Waals surface area contributed by atoms with Crippen LogP contribution in [0.1, 0.15) is 25.3 Å². The monoisotopic (exact) mass is 394 g/mol. The van der Waals surface area contributed by atoms with E-state index in [9.17, 15) is 8.42 Å². The van der Waals surface area contributed by atoms with Gasteiger partial charge < -0.3 is 10.1 Å². The molecule has 7 heteroatoms. The molecule has 3 rings (SSSR count). The van der Waals surface area contributed by atoms with Crippen LogP contribution < -0.4 is 15.2 Å². The van der Waals surface area contributed by atoms with Crippen molar-refractivity contribution in [1.82, 2.24) is 0 Å². The molecular formula is C19H23ClN2O3S. The highest BCUT2D eigenvalue weighted by Gasteiger charge is 2.57. The largest absolute Gasteiger partial charge is 0.495 e. The van der Waals surface area contributed by atoms with E-state index in [-0.39, 0.29) is 10.3 Å². The smallest absolute Gasteiger partial charge is 0.238 e. The van der Waals surface area contributed by atoms with Crippen LogP contribution in [-0.4, -0.2) is 22.1 Å². The molecule has 1 aliphatic rings. The Kier molecular flexibility index (Phi) is 4.94. The summed E-state index contributed by atoms with van der Waals surface area (Å²) in [5, 5.41) is 9.25. The predicted molar refractivity (Wildman–Crippen MR) is 104 cm³/mol. The van der Waals surface area contributed by atoms with Crippen LogP contribution in [0.2, 0.25) is 5.02 Å². The minimum Gasteiger partial charge on any atom is -0.495 e. The van der Waals surface area contributed by atoms with E-state index in [0.717, 1.165) is 23.5 Å². The fourth-order valence-electron chi connectivity index (χ4n) is 3.69. The molecule has 0 radical (unpaired) electrons. The molecule has 1 saturated carbocycles. The van der Waals surface area contributed by atoms with Crippen LogP contribution >= 0.6 is 11.6 Å². The van der Waals surface area contributed by atoms with Gasteiger partial charge in [-0.1, -0.05) is 37.6 Å². The number of ether oxygens (including phenoxy) is 1. The van der Waals surface area contributed by atoms with Crippen molar-refractivity contribution < 1.29 is 13.2 Å². The van der Waals surface area contributed by atoms with Crippen molar-refractivity contribution in [3.05, 3.63) is 53.1 Å². The standard InChI is InChI=1S/C19H23ClN2O3S/c1-19(2)15(11-22-16-10-13(20)6-9-17(16)25-3)18(19)12-4-7-14(8-5-12)26(21,23)24/h4-10,15,18,22H,11H2,1-3H3,(H2,21,23,24)/t15-,18?/m0/s1. The number of benzene rings is 2. The number of primary sulfonamides is 1. The maximum atomic E-state index is 11.4. The molecule has 0 aliphatic heterocycles. The predicted octanol–water partition coefficient (Wildman–Crippen LogP) is 3.85. The average Bonchev–Trinajstić information content (AvgIpc) is 3.13. The fraction of sp³-hybridized carbons (Fsp3) is 0.368. The van der Waals surface area contributed by atoms with Crippen LogP contribution in [0.3, 0.4) is 0 Å². The summed E-state index contributed by atoms with van der Waals surface area (Å²) in [4.78, 5) is 0.137. The van der Waals surface area contributed by atoms with Gasteiger partial charge in [0.25, 0.3) is 0 Å². The highest BCUT2D eigenvalue weighted by atomic mass is 35.5. The fourth-order valence-corrected chi connectivity index (χ4v) is 4.38. The Morgan fingerprint density at radius 3 is 2.42 bits per heavy atom. The lowest BCUT2D eigenvalue weighted by molar-refractivity contribution is 0.416. The molecule has 2 atom stereocenters. The first-order chi connectivity index (χ1) is 12.1. The molecule has 0 amide bonds. The molecule has 0 saturated heterocycles. The molecule has 0 bridgehead atoms. The maximum absolute atomic E-state index is 11.4. The van der Waals surface area contributed by atoms with Gasteiger partial charge in [-0.25, -0.2) is 13.6 Å². The third kappa shape index (κ3) is 3.68. The Morgan fingerprint density at radius 1 is 1.19 bits per heavy atom. The quantitative estimate of drug-likeness (QED) is 0.779. The zero-order valence-electron chi connectivity index (χ0n) is 15.0. The Bertz CT molecular complexity index is 911. The molecule has 0 aromatic heterocycles. The minimum atomic E-state index is -3.66. The zero-order chi connectivity index (χ0) is 19.1. The van der Waals surface area contributed by atoms with Crippen molar-refractivity contribution in [2.24, 2.45) is 16.5 Å². The molecule has 1 aliphatic carbocycles. The summed E-state index contributed by atoms with van der Waals surface area (Å²) in [6.07, 6.45) is 0. The third-order valence-corrected chi connectivity index (χ3v) is 6.46. The molecular weight excluding hydrogens is 372 g/mol. The van der Waals surface area contributed by atoms with E-state index in [1.165, 1.54) is 0 Å². The van der Waals surface area contributed by atoms with Gasteiger partial charge in [0.1, 0.15) is 5.75 Å². The molecule has 1 fully saturated rings. The first-order valence-corrected chi connectivity index (χ1v) is 10.3. The van der Waals surface area contributed by atoms with E-state index >= 15 is 0 Å². The van der Waals surface area contributed by atoms with E-state index in [2.05, 4.69) is 19.2 Å². The Balaban J connectivity index is 1.73. The van der Waals surface area contributed by atoms with Crippen LogP contribution in [0.5, 0.6) is 5.75 Å². The summed E-state index contributed by atoms with van der Waals surface area (Å²) in [5.74, 6) is 1.50. The number of hydrogen-bond donors (Lipinski definition) is 2. The number of rotatable bonds is 6. The highest BCUT2D eigenvalue weighted by Crippen LogP contribution is 2.64. The lowest BCUT2D eigenvalue weighted by Crippen LogP contribution is -2.11. The van der Waals surface area contributed by atoms with Crippen LogP contribution in [0, 0.1) is 11.3 Å². The van der Waals surface area contributed by atoms with Gasteiger partial charge in [-0.3, -0.25) is 0 Å². The Labute approximate surface area is 159 Å². The van der Waals surface area contributed by atoms with Crippen molar-refractivity contribution in [3.63, 3.8) is 0 Å². The van der Waals surface area contributed by atoms with E-state index in [1.807, 2.05) is 24.3 Å². The summed E-state index contributed by atoms with van der Waals surface area (Å²) in [6, 6.07) is 12.3. The summed E-state index contributed by atoms with van der Waals surface area (Å²) in [6.45, 7) is 5.20. The number of hydrogen-bond acceptors (Lipinski definition) is 4. The second-order valence-electron chi connectivity index (χ2n) is 7.25. The molecule has 1 unspecified atom stereocenters. The number of methoxy groups -OCH3 is 1. The van der Waals surface area contributed by atoms with Gasteiger partial charge in [0, 0.05) is 11.6 Å². The molecule has 5 nitrogen and oxygen atoms in total. The van der Waals surface area contributed by atoms with Gasteiger partial charge in [0.2, 0.25) is 10.0 Å². The molecule has 26 heavy (non-hydrogen) atoms. The molecule has 0 heterocycles. The van der Waals surface area contributed by atoms with E-state index in [4.69, 9.17) is 21.5 Å². The van der Waals surface area contributed by atoms with E-state index < -0.39 is 10.0 Å². The van der Waals surface area contributed by atoms with E-state index in [0.29, 0.717) is 16.9 Å². The topological polar surface area (TPSA) is 81.4 Å².